The number of fused-ring (bicyclic) bond motifs is 1. The van der Waals surface area contributed by atoms with Crippen LogP contribution >= 0.6 is 23.3 Å². The highest BCUT2D eigenvalue weighted by atomic mass is 32.2. The molecule has 0 fully saturated rings. The van der Waals surface area contributed by atoms with Crippen LogP contribution in [0.25, 0.3) is 20.8 Å². The number of pyridine rings is 1. The summed E-state index contributed by atoms with van der Waals surface area (Å²) in [6, 6.07) is 14.7. The van der Waals surface area contributed by atoms with E-state index in [0.717, 1.165) is 38.6 Å². The highest BCUT2D eigenvalue weighted by Gasteiger charge is 2.29. The third kappa shape index (κ3) is 4.06. The van der Waals surface area contributed by atoms with Gasteiger partial charge in [0.1, 0.15) is 5.01 Å². The lowest BCUT2D eigenvalue weighted by Gasteiger charge is -2.09. The molecule has 0 atom stereocenters. The number of anilines is 1. The number of benzene rings is 2. The molecule has 27 heavy (non-hydrogen) atoms. The second kappa shape index (κ2) is 7.21. The lowest BCUT2D eigenvalue weighted by Crippen LogP contribution is -2.04. The summed E-state index contributed by atoms with van der Waals surface area (Å²) in [6.07, 6.45) is -0.818. The monoisotopic (exact) mass is 403 g/mol. The van der Waals surface area contributed by atoms with Gasteiger partial charge in [-0.2, -0.15) is 13.2 Å². The second-order valence-corrected chi connectivity index (χ2v) is 7.58. The molecule has 0 radical (unpaired) electrons. The first-order valence-electron chi connectivity index (χ1n) is 7.90. The largest absolute Gasteiger partial charge is 0.416 e. The van der Waals surface area contributed by atoms with Crippen LogP contribution in [0.1, 0.15) is 5.56 Å². The van der Waals surface area contributed by atoms with Gasteiger partial charge < -0.3 is 4.72 Å². The number of aromatic nitrogens is 2. The van der Waals surface area contributed by atoms with Crippen LogP contribution in [-0.2, 0) is 6.18 Å². The number of nitrogens with one attached hydrogen (secondary N) is 1. The molecule has 2 aromatic carbocycles. The van der Waals surface area contributed by atoms with E-state index in [2.05, 4.69) is 14.7 Å². The summed E-state index contributed by atoms with van der Waals surface area (Å²) >= 11 is 2.82. The molecule has 0 bridgehead atoms. The predicted octanol–water partition coefficient (Wildman–Crippen LogP) is 6.50. The highest BCUT2D eigenvalue weighted by molar-refractivity contribution is 8.00. The van der Waals surface area contributed by atoms with Crippen molar-refractivity contribution in [2.24, 2.45) is 0 Å². The molecule has 3 nitrogen and oxygen atoms in total. The number of halogens is 3. The zero-order chi connectivity index (χ0) is 18.9. The Morgan fingerprint density at radius 2 is 1.81 bits per heavy atom. The summed E-state index contributed by atoms with van der Waals surface area (Å²) in [4.78, 5) is 9.41. The fourth-order valence-electron chi connectivity index (χ4n) is 2.45. The van der Waals surface area contributed by atoms with Crippen LogP contribution in [0.15, 0.2) is 71.9 Å². The van der Waals surface area contributed by atoms with Crippen LogP contribution in [0, 0.1) is 0 Å². The summed E-state index contributed by atoms with van der Waals surface area (Å²) in [5.41, 5.74) is 2.06. The molecule has 8 heteroatoms. The van der Waals surface area contributed by atoms with Gasteiger partial charge in [-0.25, -0.2) is 4.98 Å². The fourth-order valence-corrected chi connectivity index (χ4v) is 4.01. The van der Waals surface area contributed by atoms with Crippen molar-refractivity contribution >= 4 is 39.2 Å². The molecule has 4 rings (SSSR count). The third-order valence-electron chi connectivity index (χ3n) is 3.77. The minimum atomic E-state index is -4.32. The van der Waals surface area contributed by atoms with Gasteiger partial charge in [0, 0.05) is 28.5 Å². The molecule has 0 saturated carbocycles. The molecule has 0 amide bonds. The maximum Gasteiger partial charge on any atom is 0.416 e. The first-order chi connectivity index (χ1) is 13.0. The molecule has 136 valence electrons. The Kier molecular flexibility index (Phi) is 4.75. The average Bonchev–Trinajstić information content (AvgIpc) is 3.11. The van der Waals surface area contributed by atoms with E-state index in [9.17, 15) is 13.2 Å². The Balaban J connectivity index is 1.49. The molecule has 0 saturated heterocycles. The number of rotatable bonds is 4. The van der Waals surface area contributed by atoms with E-state index in [4.69, 9.17) is 0 Å². The number of alkyl halides is 3. The molecule has 0 spiro atoms. The summed E-state index contributed by atoms with van der Waals surface area (Å²) in [5, 5.41) is 0.890. The molecule has 4 aromatic rings. The normalized spacial score (nSPS) is 11.7. The molecule has 1 N–H and O–H groups in total. The van der Waals surface area contributed by atoms with Crippen molar-refractivity contribution < 1.29 is 13.2 Å². The quantitative estimate of drug-likeness (QED) is 0.395. The van der Waals surface area contributed by atoms with Crippen LogP contribution in [0.2, 0.25) is 0 Å². The molecule has 2 aromatic heterocycles. The van der Waals surface area contributed by atoms with E-state index in [-0.39, 0.29) is 0 Å². The van der Waals surface area contributed by atoms with Gasteiger partial charge in [-0.15, -0.1) is 11.3 Å². The number of hydrogen-bond donors (Lipinski definition) is 1. The third-order valence-corrected chi connectivity index (χ3v) is 5.67. The van der Waals surface area contributed by atoms with Crippen molar-refractivity contribution in [3.05, 3.63) is 72.6 Å². The molecule has 0 aliphatic carbocycles. The van der Waals surface area contributed by atoms with E-state index < -0.39 is 11.7 Å². The average molecular weight is 403 g/mol. The van der Waals surface area contributed by atoms with E-state index in [1.807, 2.05) is 30.3 Å². The molecule has 0 aliphatic heterocycles. The van der Waals surface area contributed by atoms with Gasteiger partial charge in [0.05, 0.1) is 15.8 Å². The SMILES string of the molecule is FC(F)(F)c1ccc(SNc2cccc(-c3nc4ccncc4s3)c2)cc1. The van der Waals surface area contributed by atoms with Gasteiger partial charge in [-0.3, -0.25) is 4.98 Å². The summed E-state index contributed by atoms with van der Waals surface area (Å²) in [7, 11) is 0. The van der Waals surface area contributed by atoms with Crippen molar-refractivity contribution in [2.45, 2.75) is 11.1 Å². The highest BCUT2D eigenvalue weighted by Crippen LogP contribution is 2.33. The summed E-state index contributed by atoms with van der Waals surface area (Å²) in [5.74, 6) is 0. The molecule has 2 heterocycles. The van der Waals surface area contributed by atoms with Gasteiger partial charge in [0.15, 0.2) is 0 Å². The Bertz CT molecular complexity index is 1040. The predicted molar refractivity (Wildman–Crippen MR) is 104 cm³/mol. The number of thiazole rings is 1. The van der Waals surface area contributed by atoms with Gasteiger partial charge in [0.25, 0.3) is 0 Å². The smallest absolute Gasteiger partial charge is 0.326 e. The molecule has 0 aliphatic rings. The Labute approximate surface area is 161 Å². The minimum absolute atomic E-state index is 0.654. The maximum atomic E-state index is 12.6. The Morgan fingerprint density at radius 1 is 1.00 bits per heavy atom. The topological polar surface area (TPSA) is 37.8 Å². The minimum Gasteiger partial charge on any atom is -0.326 e. The van der Waals surface area contributed by atoms with Gasteiger partial charge >= 0.3 is 6.18 Å². The van der Waals surface area contributed by atoms with E-state index in [1.54, 1.807) is 23.7 Å². The Morgan fingerprint density at radius 3 is 2.56 bits per heavy atom. The lowest BCUT2D eigenvalue weighted by atomic mass is 10.2. The zero-order valence-electron chi connectivity index (χ0n) is 13.7. The van der Waals surface area contributed by atoms with Crippen molar-refractivity contribution in [1.29, 1.82) is 0 Å². The lowest BCUT2D eigenvalue weighted by molar-refractivity contribution is -0.137. The van der Waals surface area contributed by atoms with Crippen LogP contribution in [0.3, 0.4) is 0 Å². The second-order valence-electron chi connectivity index (χ2n) is 5.67. The van der Waals surface area contributed by atoms with Gasteiger partial charge in [-0.1, -0.05) is 12.1 Å². The van der Waals surface area contributed by atoms with Crippen LogP contribution in [0.4, 0.5) is 18.9 Å². The standard InChI is InChI=1S/C19H12F3N3S2/c20-19(21,22)13-4-6-15(7-5-13)27-25-14-3-1-2-12(10-14)18-24-16-8-9-23-11-17(16)26-18/h1-11,25H. The van der Waals surface area contributed by atoms with Crippen molar-refractivity contribution in [1.82, 2.24) is 9.97 Å². The van der Waals surface area contributed by atoms with Crippen LogP contribution in [-0.4, -0.2) is 9.97 Å². The summed E-state index contributed by atoms with van der Waals surface area (Å²) in [6.45, 7) is 0. The van der Waals surface area contributed by atoms with E-state index in [1.165, 1.54) is 24.1 Å². The maximum absolute atomic E-state index is 12.6. The van der Waals surface area contributed by atoms with Crippen molar-refractivity contribution in [3.8, 4) is 10.6 Å². The van der Waals surface area contributed by atoms with Crippen molar-refractivity contribution in [2.75, 3.05) is 4.72 Å². The molecular weight excluding hydrogens is 391 g/mol. The summed E-state index contributed by atoms with van der Waals surface area (Å²) < 4.78 is 42.0. The van der Waals surface area contributed by atoms with Crippen LogP contribution in [0.5, 0.6) is 0 Å². The van der Waals surface area contributed by atoms with E-state index >= 15 is 0 Å². The Hall–Kier alpha value is -2.58. The zero-order valence-corrected chi connectivity index (χ0v) is 15.3. The van der Waals surface area contributed by atoms with Gasteiger partial charge in [-0.05, 0) is 54.4 Å². The van der Waals surface area contributed by atoms with Gasteiger partial charge in [0.2, 0.25) is 0 Å². The first-order valence-corrected chi connectivity index (χ1v) is 9.53. The first kappa shape index (κ1) is 17.8. The van der Waals surface area contributed by atoms with E-state index in [0.29, 0.717) is 4.90 Å². The number of nitrogens with zero attached hydrogens (tertiary/aromatic N) is 2. The molecule has 0 unspecified atom stereocenters. The van der Waals surface area contributed by atoms with Crippen molar-refractivity contribution in [3.63, 3.8) is 0 Å². The fraction of sp³-hybridized carbons (Fsp3) is 0.0526. The molecular formula is C19H12F3N3S2. The van der Waals surface area contributed by atoms with Crippen LogP contribution < -0.4 is 4.72 Å². The number of hydrogen-bond acceptors (Lipinski definition) is 5.